The first kappa shape index (κ1) is 31.9. The summed E-state index contributed by atoms with van der Waals surface area (Å²) in [5.74, 6) is 0.188. The molecule has 1 atom stereocenters. The minimum absolute atomic E-state index is 0.188. The Bertz CT molecular complexity index is 3330. The summed E-state index contributed by atoms with van der Waals surface area (Å²) >= 11 is 0. The normalized spacial score (nSPS) is 13.4. The molecule has 11 aromatic rings. The van der Waals surface area contributed by atoms with Crippen molar-refractivity contribution in [2.45, 2.75) is 5.92 Å². The van der Waals surface area contributed by atoms with Gasteiger partial charge in [-0.15, -0.1) is 0 Å². The molecule has 0 fully saturated rings. The smallest absolute Gasteiger partial charge is 0.0547 e. The number of benzene rings is 9. The SMILES string of the molecule is c1ccc(-c2cccc(-n3c4ccccc4c4cc(-c5ccc6c(c5)c5cc7c(cc5n6-c5ccccc5)-c5ccccc5C7c5ccccc5)ccc43)c2)cc1. The summed E-state index contributed by atoms with van der Waals surface area (Å²) in [4.78, 5) is 0. The van der Waals surface area contributed by atoms with Gasteiger partial charge in [-0.3, -0.25) is 0 Å². The van der Waals surface area contributed by atoms with Crippen molar-refractivity contribution in [2.24, 2.45) is 0 Å². The van der Waals surface area contributed by atoms with Crippen LogP contribution in [0.15, 0.2) is 212 Å². The predicted octanol–water partition coefficient (Wildman–Crippen LogP) is 14.4. The van der Waals surface area contributed by atoms with E-state index in [1.807, 2.05) is 0 Å². The van der Waals surface area contributed by atoms with Crippen LogP contribution >= 0.6 is 0 Å². The summed E-state index contributed by atoms with van der Waals surface area (Å²) in [7, 11) is 0. The van der Waals surface area contributed by atoms with Crippen molar-refractivity contribution in [3.05, 3.63) is 229 Å². The highest BCUT2D eigenvalue weighted by atomic mass is 15.0. The number of hydrogen-bond donors (Lipinski definition) is 0. The van der Waals surface area contributed by atoms with Crippen LogP contribution in [0, 0.1) is 0 Å². The van der Waals surface area contributed by atoms with E-state index in [4.69, 9.17) is 0 Å². The maximum Gasteiger partial charge on any atom is 0.0547 e. The number of hydrogen-bond acceptors (Lipinski definition) is 0. The second kappa shape index (κ2) is 12.6. The monoisotopic (exact) mass is 724 g/mol. The number of nitrogens with zero attached hydrogens (tertiary/aromatic N) is 2. The summed E-state index contributed by atoms with van der Waals surface area (Å²) in [6, 6.07) is 78.1. The van der Waals surface area contributed by atoms with Crippen LogP contribution in [0.2, 0.25) is 0 Å². The molecule has 1 unspecified atom stereocenters. The van der Waals surface area contributed by atoms with Crippen LogP contribution in [0.4, 0.5) is 0 Å². The maximum atomic E-state index is 2.49. The van der Waals surface area contributed by atoms with Gasteiger partial charge in [-0.2, -0.15) is 0 Å². The highest BCUT2D eigenvalue weighted by Crippen LogP contribution is 2.51. The molecule has 0 N–H and O–H groups in total. The molecule has 2 heteroatoms. The van der Waals surface area contributed by atoms with Gasteiger partial charge in [0, 0.05) is 38.8 Å². The predicted molar refractivity (Wildman–Crippen MR) is 239 cm³/mol. The van der Waals surface area contributed by atoms with E-state index in [9.17, 15) is 0 Å². The van der Waals surface area contributed by atoms with Crippen LogP contribution in [-0.4, -0.2) is 9.13 Å². The summed E-state index contributed by atoms with van der Waals surface area (Å²) in [5.41, 5.74) is 18.8. The van der Waals surface area contributed by atoms with E-state index >= 15 is 0 Å². The zero-order valence-corrected chi connectivity index (χ0v) is 31.2. The Morgan fingerprint density at radius 3 is 1.60 bits per heavy atom. The first-order valence-electron chi connectivity index (χ1n) is 19.8. The molecule has 2 nitrogen and oxygen atoms in total. The molecule has 1 aliphatic rings. The van der Waals surface area contributed by atoms with Crippen LogP contribution in [0.5, 0.6) is 0 Å². The summed E-state index contributed by atoms with van der Waals surface area (Å²) < 4.78 is 4.87. The van der Waals surface area contributed by atoms with E-state index in [0.717, 1.165) is 5.69 Å². The molecule has 1 aliphatic carbocycles. The van der Waals surface area contributed by atoms with E-state index in [1.54, 1.807) is 0 Å². The number of para-hydroxylation sites is 2. The Balaban J connectivity index is 1.06. The highest BCUT2D eigenvalue weighted by Gasteiger charge is 2.31. The Morgan fingerprint density at radius 1 is 0.281 bits per heavy atom. The van der Waals surface area contributed by atoms with E-state index < -0.39 is 0 Å². The fourth-order valence-electron chi connectivity index (χ4n) is 9.64. The van der Waals surface area contributed by atoms with E-state index in [-0.39, 0.29) is 5.92 Å². The average Bonchev–Trinajstić information content (AvgIpc) is 3.91. The van der Waals surface area contributed by atoms with Crippen molar-refractivity contribution in [1.29, 1.82) is 0 Å². The molecule has 12 rings (SSSR count). The second-order valence-electron chi connectivity index (χ2n) is 15.3. The van der Waals surface area contributed by atoms with Gasteiger partial charge in [0.2, 0.25) is 0 Å². The molecule has 57 heavy (non-hydrogen) atoms. The minimum atomic E-state index is 0.188. The van der Waals surface area contributed by atoms with Crippen molar-refractivity contribution < 1.29 is 0 Å². The molecule has 0 saturated carbocycles. The van der Waals surface area contributed by atoms with E-state index in [0.29, 0.717) is 0 Å². The number of aromatic nitrogens is 2. The van der Waals surface area contributed by atoms with E-state index in [2.05, 4.69) is 221 Å². The zero-order chi connectivity index (χ0) is 37.5. The van der Waals surface area contributed by atoms with Gasteiger partial charge in [0.05, 0.1) is 22.1 Å². The second-order valence-corrected chi connectivity index (χ2v) is 15.3. The topological polar surface area (TPSA) is 9.86 Å². The van der Waals surface area contributed by atoms with Crippen molar-refractivity contribution in [3.63, 3.8) is 0 Å². The molecule has 9 aromatic carbocycles. The molecule has 0 aliphatic heterocycles. The Kier molecular flexibility index (Phi) is 7.02. The quantitative estimate of drug-likeness (QED) is 0.167. The van der Waals surface area contributed by atoms with Crippen LogP contribution in [-0.2, 0) is 0 Å². The molecule has 2 heterocycles. The van der Waals surface area contributed by atoms with Crippen LogP contribution in [0.25, 0.3) is 88.4 Å². The van der Waals surface area contributed by atoms with Gasteiger partial charge >= 0.3 is 0 Å². The van der Waals surface area contributed by atoms with Crippen molar-refractivity contribution in [3.8, 4) is 44.8 Å². The summed E-state index contributed by atoms with van der Waals surface area (Å²) in [5, 5.41) is 5.04. The Labute approximate surface area is 331 Å². The molecule has 0 bridgehead atoms. The maximum absolute atomic E-state index is 2.49. The molecule has 0 radical (unpaired) electrons. The summed E-state index contributed by atoms with van der Waals surface area (Å²) in [6.07, 6.45) is 0. The van der Waals surface area contributed by atoms with Crippen molar-refractivity contribution in [1.82, 2.24) is 9.13 Å². The van der Waals surface area contributed by atoms with Crippen LogP contribution < -0.4 is 0 Å². The van der Waals surface area contributed by atoms with E-state index in [1.165, 1.54) is 99.4 Å². The fourth-order valence-corrected chi connectivity index (χ4v) is 9.64. The van der Waals surface area contributed by atoms with Crippen molar-refractivity contribution in [2.75, 3.05) is 0 Å². The molecular weight excluding hydrogens is 689 g/mol. The summed E-state index contributed by atoms with van der Waals surface area (Å²) in [6.45, 7) is 0. The Morgan fingerprint density at radius 2 is 0.825 bits per heavy atom. The first-order valence-corrected chi connectivity index (χ1v) is 19.8. The molecular formula is C55H36N2. The van der Waals surface area contributed by atoms with Gasteiger partial charge in [0.1, 0.15) is 0 Å². The highest BCUT2D eigenvalue weighted by molar-refractivity contribution is 6.14. The molecule has 0 amide bonds. The fraction of sp³-hybridized carbons (Fsp3) is 0.0182. The van der Waals surface area contributed by atoms with Gasteiger partial charge < -0.3 is 9.13 Å². The van der Waals surface area contributed by atoms with Gasteiger partial charge in [0.15, 0.2) is 0 Å². The molecule has 266 valence electrons. The average molecular weight is 725 g/mol. The van der Waals surface area contributed by atoms with Crippen LogP contribution in [0.3, 0.4) is 0 Å². The Hall–Kier alpha value is -7.42. The van der Waals surface area contributed by atoms with Gasteiger partial charge in [0.25, 0.3) is 0 Å². The lowest BCUT2D eigenvalue weighted by Gasteiger charge is -2.14. The van der Waals surface area contributed by atoms with Gasteiger partial charge in [-0.25, -0.2) is 0 Å². The number of rotatable bonds is 5. The largest absolute Gasteiger partial charge is 0.309 e. The molecule has 0 saturated heterocycles. The lowest BCUT2D eigenvalue weighted by atomic mass is 9.89. The third-order valence-electron chi connectivity index (χ3n) is 12.2. The standard InChI is InChI=1S/C55H36N2/c1-4-15-36(16-5-1)38-19-14-22-42(31-38)57-51-26-13-12-24-44(51)47-32-39(27-29-52(47)57)40-28-30-53-48(33-40)49-34-50-46(35-54(49)56(53)41-20-8-3-9-21-41)43-23-10-11-25-45(43)55(50)37-17-6-2-7-18-37/h1-35,55H. The number of fused-ring (bicyclic) bond motifs is 9. The lowest BCUT2D eigenvalue weighted by molar-refractivity contribution is 1.02. The zero-order valence-electron chi connectivity index (χ0n) is 31.2. The van der Waals surface area contributed by atoms with Gasteiger partial charge in [-0.1, -0.05) is 146 Å². The first-order chi connectivity index (χ1) is 28.3. The minimum Gasteiger partial charge on any atom is -0.309 e. The third kappa shape index (κ3) is 4.91. The molecule has 0 spiro atoms. The van der Waals surface area contributed by atoms with Crippen LogP contribution in [0.1, 0.15) is 22.6 Å². The van der Waals surface area contributed by atoms with Crippen molar-refractivity contribution >= 4 is 43.6 Å². The molecule has 2 aromatic heterocycles. The third-order valence-corrected chi connectivity index (χ3v) is 12.2. The van der Waals surface area contributed by atoms with Gasteiger partial charge in [-0.05, 0) is 117 Å². The lowest BCUT2D eigenvalue weighted by Crippen LogP contribution is -1.99.